The van der Waals surface area contributed by atoms with Crippen molar-refractivity contribution in [3.05, 3.63) is 40.1 Å². The number of rotatable bonds is 3. The Labute approximate surface area is 92.2 Å². The lowest BCUT2D eigenvalue weighted by molar-refractivity contribution is -0.384. The number of fused-ring (bicyclic) bond motifs is 1. The zero-order valence-corrected chi connectivity index (χ0v) is 9.06. The third kappa shape index (κ3) is 1.77. The van der Waals surface area contributed by atoms with Crippen molar-refractivity contribution in [2.75, 3.05) is 7.11 Å². The molecule has 5 nitrogen and oxygen atoms in total. The summed E-state index contributed by atoms with van der Waals surface area (Å²) in [5.41, 5.74) is 1.89. The van der Waals surface area contributed by atoms with Gasteiger partial charge in [0.25, 0.3) is 5.69 Å². The number of H-pyrrole nitrogens is 1. The summed E-state index contributed by atoms with van der Waals surface area (Å²) in [7, 11) is 1.62. The monoisotopic (exact) mass is 220 g/mol. The minimum absolute atomic E-state index is 0.0496. The van der Waals surface area contributed by atoms with Crippen molar-refractivity contribution in [1.82, 2.24) is 4.98 Å². The molecular formula is C11H12N2O3. The quantitative estimate of drug-likeness (QED) is 0.638. The first-order valence-corrected chi connectivity index (χ1v) is 4.91. The first-order chi connectivity index (χ1) is 7.61. The molecule has 0 aliphatic heterocycles. The number of hydrogen-bond donors (Lipinski definition) is 1. The summed E-state index contributed by atoms with van der Waals surface area (Å²) >= 11 is 0. The number of benzene rings is 1. The van der Waals surface area contributed by atoms with Crippen LogP contribution in [0.15, 0.2) is 24.3 Å². The van der Waals surface area contributed by atoms with Crippen molar-refractivity contribution in [2.24, 2.45) is 0 Å². The SMILES string of the molecule is COC(C)c1cc2cc([N+](=O)[O-])ccc2[nH]1. The number of methoxy groups -OCH3 is 1. The molecule has 16 heavy (non-hydrogen) atoms. The Hall–Kier alpha value is -1.88. The van der Waals surface area contributed by atoms with Crippen molar-refractivity contribution in [3.8, 4) is 0 Å². The summed E-state index contributed by atoms with van der Waals surface area (Å²) in [5.74, 6) is 0. The highest BCUT2D eigenvalue weighted by Gasteiger charge is 2.11. The minimum atomic E-state index is -0.397. The van der Waals surface area contributed by atoms with Crippen LogP contribution in [0.4, 0.5) is 5.69 Å². The highest BCUT2D eigenvalue weighted by molar-refractivity contribution is 5.82. The van der Waals surface area contributed by atoms with Crippen molar-refractivity contribution in [1.29, 1.82) is 0 Å². The van der Waals surface area contributed by atoms with Gasteiger partial charge in [-0.3, -0.25) is 10.1 Å². The first-order valence-electron chi connectivity index (χ1n) is 4.91. The van der Waals surface area contributed by atoms with Crippen LogP contribution >= 0.6 is 0 Å². The van der Waals surface area contributed by atoms with E-state index in [0.717, 1.165) is 16.6 Å². The molecule has 0 saturated carbocycles. The van der Waals surface area contributed by atoms with Gasteiger partial charge in [-0.25, -0.2) is 0 Å². The first kappa shape index (κ1) is 10.6. The van der Waals surface area contributed by atoms with Gasteiger partial charge in [-0.05, 0) is 19.1 Å². The number of nitro benzene ring substituents is 1. The summed E-state index contributed by atoms with van der Waals surface area (Å²) in [5, 5.41) is 11.4. The van der Waals surface area contributed by atoms with Crippen LogP contribution in [0.3, 0.4) is 0 Å². The van der Waals surface area contributed by atoms with Crippen LogP contribution in [0.1, 0.15) is 18.7 Å². The predicted molar refractivity (Wildman–Crippen MR) is 60.4 cm³/mol. The van der Waals surface area contributed by atoms with Gasteiger partial charge in [0.2, 0.25) is 0 Å². The van der Waals surface area contributed by atoms with Gasteiger partial charge in [0.15, 0.2) is 0 Å². The number of nitrogens with one attached hydrogen (secondary N) is 1. The number of nitro groups is 1. The van der Waals surface area contributed by atoms with Gasteiger partial charge in [0.1, 0.15) is 0 Å². The van der Waals surface area contributed by atoms with Gasteiger partial charge in [-0.2, -0.15) is 0 Å². The summed E-state index contributed by atoms with van der Waals surface area (Å²) in [6.07, 6.45) is -0.0496. The van der Waals surface area contributed by atoms with Gasteiger partial charge in [-0.15, -0.1) is 0 Å². The third-order valence-corrected chi connectivity index (χ3v) is 2.63. The van der Waals surface area contributed by atoms with Crippen LogP contribution in [0.25, 0.3) is 10.9 Å². The lowest BCUT2D eigenvalue weighted by Gasteiger charge is -2.05. The van der Waals surface area contributed by atoms with E-state index in [1.807, 2.05) is 13.0 Å². The highest BCUT2D eigenvalue weighted by atomic mass is 16.6. The van der Waals surface area contributed by atoms with Gasteiger partial charge >= 0.3 is 0 Å². The van der Waals surface area contributed by atoms with Crippen LogP contribution in [0.5, 0.6) is 0 Å². The second kappa shape index (κ2) is 3.94. The Morgan fingerprint density at radius 1 is 1.44 bits per heavy atom. The molecule has 1 aromatic heterocycles. The van der Waals surface area contributed by atoms with E-state index in [4.69, 9.17) is 4.74 Å². The molecule has 0 aliphatic carbocycles. The van der Waals surface area contributed by atoms with E-state index < -0.39 is 4.92 Å². The van der Waals surface area contributed by atoms with E-state index >= 15 is 0 Å². The molecule has 1 aromatic carbocycles. The Kier molecular flexibility index (Phi) is 2.62. The average Bonchev–Trinajstić information content (AvgIpc) is 2.70. The van der Waals surface area contributed by atoms with Gasteiger partial charge in [0.05, 0.1) is 11.0 Å². The zero-order chi connectivity index (χ0) is 11.7. The molecule has 2 aromatic rings. The Balaban J connectivity index is 2.49. The molecule has 0 spiro atoms. The van der Waals surface area contributed by atoms with Crippen molar-refractivity contribution >= 4 is 16.6 Å². The molecule has 5 heteroatoms. The number of non-ortho nitro benzene ring substituents is 1. The molecule has 0 amide bonds. The molecule has 1 N–H and O–H groups in total. The van der Waals surface area contributed by atoms with Crippen LogP contribution in [-0.4, -0.2) is 17.0 Å². The van der Waals surface area contributed by atoms with E-state index in [2.05, 4.69) is 4.98 Å². The molecule has 1 unspecified atom stereocenters. The molecule has 1 heterocycles. The summed E-state index contributed by atoms with van der Waals surface area (Å²) in [6.45, 7) is 1.92. The fourth-order valence-electron chi connectivity index (χ4n) is 1.60. The van der Waals surface area contributed by atoms with E-state index in [0.29, 0.717) is 0 Å². The number of nitrogens with zero attached hydrogens (tertiary/aromatic N) is 1. The van der Waals surface area contributed by atoms with Crippen LogP contribution in [0.2, 0.25) is 0 Å². The maximum atomic E-state index is 10.6. The molecule has 0 fully saturated rings. The van der Waals surface area contributed by atoms with Gasteiger partial charge in [-0.1, -0.05) is 0 Å². The second-order valence-electron chi connectivity index (χ2n) is 3.63. The third-order valence-electron chi connectivity index (χ3n) is 2.63. The molecule has 0 bridgehead atoms. The molecule has 84 valence electrons. The van der Waals surface area contributed by atoms with E-state index in [1.54, 1.807) is 19.2 Å². The average molecular weight is 220 g/mol. The normalized spacial score (nSPS) is 12.9. The lowest BCUT2D eigenvalue weighted by Crippen LogP contribution is -1.94. The summed E-state index contributed by atoms with van der Waals surface area (Å²) in [4.78, 5) is 13.4. The molecule has 2 rings (SSSR count). The Morgan fingerprint density at radius 2 is 2.19 bits per heavy atom. The maximum Gasteiger partial charge on any atom is 0.270 e. The van der Waals surface area contributed by atoms with Crippen molar-refractivity contribution < 1.29 is 9.66 Å². The van der Waals surface area contributed by atoms with Gasteiger partial charge in [0, 0.05) is 35.8 Å². The predicted octanol–water partition coefficient (Wildman–Crippen LogP) is 2.78. The summed E-state index contributed by atoms with van der Waals surface area (Å²) < 4.78 is 5.18. The molecule has 0 saturated heterocycles. The number of aromatic amines is 1. The maximum absolute atomic E-state index is 10.6. The fraction of sp³-hybridized carbons (Fsp3) is 0.273. The smallest absolute Gasteiger partial charge is 0.270 e. The van der Waals surface area contributed by atoms with E-state index in [9.17, 15) is 10.1 Å². The fourth-order valence-corrected chi connectivity index (χ4v) is 1.60. The highest BCUT2D eigenvalue weighted by Crippen LogP contribution is 2.25. The molecular weight excluding hydrogens is 208 g/mol. The second-order valence-corrected chi connectivity index (χ2v) is 3.63. The lowest BCUT2D eigenvalue weighted by atomic mass is 10.2. The van der Waals surface area contributed by atoms with Gasteiger partial charge < -0.3 is 9.72 Å². The zero-order valence-electron chi connectivity index (χ0n) is 9.06. The number of aromatic nitrogens is 1. The number of ether oxygens (including phenoxy) is 1. The summed E-state index contributed by atoms with van der Waals surface area (Å²) in [6, 6.07) is 6.62. The van der Waals surface area contributed by atoms with E-state index in [1.165, 1.54) is 6.07 Å². The van der Waals surface area contributed by atoms with Crippen LogP contribution in [-0.2, 0) is 4.74 Å². The van der Waals surface area contributed by atoms with Crippen LogP contribution in [0, 0.1) is 10.1 Å². The minimum Gasteiger partial charge on any atom is -0.376 e. The molecule has 0 aliphatic rings. The largest absolute Gasteiger partial charge is 0.376 e. The van der Waals surface area contributed by atoms with Crippen molar-refractivity contribution in [2.45, 2.75) is 13.0 Å². The van der Waals surface area contributed by atoms with Crippen LogP contribution < -0.4 is 0 Å². The van der Waals surface area contributed by atoms with Crippen molar-refractivity contribution in [3.63, 3.8) is 0 Å². The topological polar surface area (TPSA) is 68.2 Å². The van der Waals surface area contributed by atoms with E-state index in [-0.39, 0.29) is 11.8 Å². The number of hydrogen-bond acceptors (Lipinski definition) is 3. The Bertz CT molecular complexity index is 533. The standard InChI is InChI=1S/C11H12N2O3/c1-7(16-2)11-6-8-5-9(13(14)15)3-4-10(8)12-11/h3-7,12H,1-2H3. The Morgan fingerprint density at radius 3 is 2.81 bits per heavy atom. The molecule has 0 radical (unpaired) electrons. The molecule has 1 atom stereocenters.